The molecule has 4 rings (SSSR count). The molecule has 1 aromatic carbocycles. The first-order valence-electron chi connectivity index (χ1n) is 10.3. The monoisotopic (exact) mass is 487 g/mol. The van der Waals surface area contributed by atoms with E-state index >= 15 is 0 Å². The first kappa shape index (κ1) is 23.2. The Bertz CT molecular complexity index is 1320. The number of benzene rings is 1. The largest absolute Gasteiger partial charge is 0.345 e. The van der Waals surface area contributed by atoms with Crippen LogP contribution in [0.1, 0.15) is 34.5 Å². The summed E-state index contributed by atoms with van der Waals surface area (Å²) >= 11 is 5.90. The van der Waals surface area contributed by atoms with E-state index in [1.54, 1.807) is 42.1 Å². The molecule has 3 N–H and O–H groups in total. The van der Waals surface area contributed by atoms with Crippen LogP contribution in [0.25, 0.3) is 6.08 Å². The minimum absolute atomic E-state index is 0.250. The van der Waals surface area contributed by atoms with Crippen LogP contribution in [0.5, 0.6) is 0 Å². The Morgan fingerprint density at radius 3 is 2.82 bits per heavy atom. The zero-order chi connectivity index (χ0) is 23.6. The van der Waals surface area contributed by atoms with Gasteiger partial charge in [-0.05, 0) is 49.1 Å². The number of anilines is 1. The van der Waals surface area contributed by atoms with E-state index in [2.05, 4.69) is 15.0 Å². The lowest BCUT2D eigenvalue weighted by Crippen LogP contribution is -2.31. The van der Waals surface area contributed by atoms with Gasteiger partial charge in [0.1, 0.15) is 26.6 Å². The van der Waals surface area contributed by atoms with E-state index in [4.69, 9.17) is 16.4 Å². The van der Waals surface area contributed by atoms with Crippen LogP contribution in [0.2, 0.25) is 5.15 Å². The molecular weight excluding hydrogens is 465 g/mol. The van der Waals surface area contributed by atoms with Crippen LogP contribution in [0, 0.1) is 10.6 Å². The normalized spacial score (nSPS) is 19.7. The van der Waals surface area contributed by atoms with Gasteiger partial charge in [-0.2, -0.15) is 0 Å². The summed E-state index contributed by atoms with van der Waals surface area (Å²) in [6.45, 7) is 0. The van der Waals surface area contributed by atoms with E-state index in [-0.39, 0.29) is 21.9 Å². The molecule has 172 valence electrons. The highest BCUT2D eigenvalue weighted by Gasteiger charge is 2.28. The lowest BCUT2D eigenvalue weighted by Gasteiger charge is -2.15. The second kappa shape index (κ2) is 9.46. The van der Waals surface area contributed by atoms with Crippen molar-refractivity contribution in [3.63, 3.8) is 0 Å². The highest BCUT2D eigenvalue weighted by atomic mass is 35.5. The van der Waals surface area contributed by atoms with Crippen molar-refractivity contribution in [1.29, 1.82) is 4.78 Å². The average Bonchev–Trinajstić information content (AvgIpc) is 3.04. The van der Waals surface area contributed by atoms with Crippen molar-refractivity contribution in [2.24, 2.45) is 7.05 Å². The number of carbonyl (C=O) groups excluding carboxylic acids is 1. The molecule has 3 heterocycles. The Kier molecular flexibility index (Phi) is 6.64. The van der Waals surface area contributed by atoms with E-state index in [9.17, 15) is 13.4 Å². The van der Waals surface area contributed by atoms with Crippen LogP contribution in [-0.2, 0) is 23.4 Å². The van der Waals surface area contributed by atoms with Crippen LogP contribution < -0.4 is 10.0 Å². The lowest BCUT2D eigenvalue weighted by atomic mass is 10.0. The van der Waals surface area contributed by atoms with Crippen molar-refractivity contribution in [2.45, 2.75) is 30.2 Å². The molecule has 0 aliphatic carbocycles. The zero-order valence-corrected chi connectivity index (χ0v) is 19.4. The predicted molar refractivity (Wildman–Crippen MR) is 127 cm³/mol. The van der Waals surface area contributed by atoms with Gasteiger partial charge in [-0.3, -0.25) is 4.79 Å². The minimum atomic E-state index is -3.34. The smallest absolute Gasteiger partial charge is 0.272 e. The predicted octanol–water partition coefficient (Wildman–Crippen LogP) is 4.79. The number of amides is 1. The fraction of sp³-hybridized carbons (Fsp3) is 0.217. The van der Waals surface area contributed by atoms with Crippen molar-refractivity contribution >= 4 is 39.2 Å². The number of aromatic nitrogens is 2. The zero-order valence-electron chi connectivity index (χ0n) is 17.8. The number of carbonyl (C=O) groups is 1. The summed E-state index contributed by atoms with van der Waals surface area (Å²) in [7, 11) is -1.66. The van der Waals surface area contributed by atoms with Crippen molar-refractivity contribution < 1.29 is 13.4 Å². The number of hydrogen-bond acceptors (Lipinski definition) is 4. The summed E-state index contributed by atoms with van der Waals surface area (Å²) in [5.41, 5.74) is 2.24. The molecule has 1 aliphatic rings. The van der Waals surface area contributed by atoms with Gasteiger partial charge < -0.3 is 9.88 Å². The van der Waals surface area contributed by atoms with Crippen molar-refractivity contribution in [3.8, 4) is 0 Å². The summed E-state index contributed by atoms with van der Waals surface area (Å²) in [4.78, 5) is 17.2. The maximum Gasteiger partial charge on any atom is 0.272 e. The molecule has 0 saturated carbocycles. The van der Waals surface area contributed by atoms with Crippen molar-refractivity contribution in [2.75, 3.05) is 5.32 Å². The summed E-state index contributed by atoms with van der Waals surface area (Å²) < 4.78 is 39.3. The highest BCUT2D eigenvalue weighted by molar-refractivity contribution is 7.90. The van der Waals surface area contributed by atoms with Crippen molar-refractivity contribution in [1.82, 2.24) is 14.3 Å². The van der Waals surface area contributed by atoms with Crippen LogP contribution in [-0.4, -0.2) is 25.7 Å². The number of pyridine rings is 1. The molecule has 2 aromatic heterocycles. The fourth-order valence-corrected chi connectivity index (χ4v) is 5.53. The summed E-state index contributed by atoms with van der Waals surface area (Å²) in [5.74, 6) is -0.679. The number of hydrogen-bond donors (Lipinski definition) is 3. The second-order valence-corrected chi connectivity index (χ2v) is 10.0. The third kappa shape index (κ3) is 5.32. The second-order valence-electron chi connectivity index (χ2n) is 7.85. The Balaban J connectivity index is 1.53. The maximum absolute atomic E-state index is 13.2. The first-order chi connectivity index (χ1) is 15.7. The molecule has 1 unspecified atom stereocenters. The van der Waals surface area contributed by atoms with Gasteiger partial charge in [0, 0.05) is 36.7 Å². The lowest BCUT2D eigenvalue weighted by molar-refractivity contribution is 0.101. The van der Waals surface area contributed by atoms with Crippen LogP contribution in [0.4, 0.5) is 10.1 Å². The van der Waals surface area contributed by atoms with Crippen molar-refractivity contribution in [3.05, 3.63) is 82.7 Å². The summed E-state index contributed by atoms with van der Waals surface area (Å²) in [6, 6.07) is 9.20. The van der Waals surface area contributed by atoms with Gasteiger partial charge in [0.05, 0.1) is 4.90 Å². The number of fused-ring (bicyclic) bond motifs is 1. The molecule has 0 radical (unpaired) electrons. The standard InChI is InChI=1S/C23H23ClFN5O2S/c1-30-14-20-19(22(30)23(31)28-18-11-12-27-21(24)13-18)10-9-17(29-33(20,26)32)4-2-3-15-5-7-16(25)8-6-15/h5-14,17H,2-4H2,1H3,(H2,26,29,32)(H,27,28,31)/t17-,33?/m0/s1. The van der Waals surface area contributed by atoms with Crippen LogP contribution in [0.15, 0.2) is 59.8 Å². The Morgan fingerprint density at radius 2 is 2.09 bits per heavy atom. The molecule has 0 spiro atoms. The van der Waals surface area contributed by atoms with Gasteiger partial charge in [0.2, 0.25) is 0 Å². The van der Waals surface area contributed by atoms with Gasteiger partial charge in [0.25, 0.3) is 5.91 Å². The average molecular weight is 488 g/mol. The Labute approximate surface area is 196 Å². The van der Waals surface area contributed by atoms with Gasteiger partial charge in [-0.25, -0.2) is 23.1 Å². The molecule has 10 heteroatoms. The molecular formula is C23H23ClFN5O2S. The number of aryl methyl sites for hydroxylation is 2. The number of nitrogens with one attached hydrogen (secondary N) is 3. The number of rotatable bonds is 6. The van der Waals surface area contributed by atoms with Gasteiger partial charge in [0.15, 0.2) is 0 Å². The molecule has 0 bridgehead atoms. The molecule has 1 aliphatic heterocycles. The van der Waals surface area contributed by atoms with E-state index in [0.717, 1.165) is 18.4 Å². The van der Waals surface area contributed by atoms with Crippen LogP contribution >= 0.6 is 11.6 Å². The third-order valence-electron chi connectivity index (χ3n) is 5.40. The Morgan fingerprint density at radius 1 is 1.33 bits per heavy atom. The first-order valence-corrected chi connectivity index (χ1v) is 12.3. The van der Waals surface area contributed by atoms with E-state index in [1.165, 1.54) is 24.4 Å². The summed E-state index contributed by atoms with van der Waals surface area (Å²) in [5, 5.41) is 3.02. The summed E-state index contributed by atoms with van der Waals surface area (Å²) in [6.07, 6.45) is 8.76. The van der Waals surface area contributed by atoms with E-state index in [0.29, 0.717) is 23.4 Å². The Hall–Kier alpha value is -3.01. The van der Waals surface area contributed by atoms with Gasteiger partial charge in [-0.15, -0.1) is 0 Å². The minimum Gasteiger partial charge on any atom is -0.345 e. The molecule has 7 nitrogen and oxygen atoms in total. The quantitative estimate of drug-likeness (QED) is 0.436. The third-order valence-corrected chi connectivity index (χ3v) is 7.19. The van der Waals surface area contributed by atoms with Gasteiger partial charge >= 0.3 is 0 Å². The SMILES string of the molecule is Cn1cc2c(c1C(=O)Nc1ccnc(Cl)c1)C=C[C@H](CCCc1ccc(F)cc1)NS2(=N)=O. The topological polar surface area (TPSA) is 99.9 Å². The number of halogens is 2. The molecule has 0 saturated heterocycles. The van der Waals surface area contributed by atoms with E-state index < -0.39 is 15.8 Å². The molecule has 0 fully saturated rings. The molecule has 1 amide bonds. The molecule has 3 aromatic rings. The van der Waals surface area contributed by atoms with Gasteiger partial charge in [-0.1, -0.05) is 35.9 Å². The molecule has 2 atom stereocenters. The molecule has 33 heavy (non-hydrogen) atoms. The highest BCUT2D eigenvalue weighted by Crippen LogP contribution is 2.28. The maximum atomic E-state index is 13.2. The van der Waals surface area contributed by atoms with Crippen LogP contribution in [0.3, 0.4) is 0 Å². The fourth-order valence-electron chi connectivity index (χ4n) is 3.82. The number of nitrogens with zero attached hydrogens (tertiary/aromatic N) is 2. The van der Waals surface area contributed by atoms with E-state index in [1.807, 2.05) is 6.08 Å².